The summed E-state index contributed by atoms with van der Waals surface area (Å²) in [5.74, 6) is -0.621. The van der Waals surface area contributed by atoms with Gasteiger partial charge in [0, 0.05) is 11.7 Å². The van der Waals surface area contributed by atoms with E-state index in [1.165, 1.54) is 18.3 Å². The number of rotatable bonds is 7. The van der Waals surface area contributed by atoms with Crippen molar-refractivity contribution in [1.29, 1.82) is 0 Å². The van der Waals surface area contributed by atoms with Crippen LogP contribution < -0.4 is 10.6 Å². The number of carbonyl (C=O) groups is 2. The molecule has 1 aromatic heterocycles. The maximum Gasteiger partial charge on any atom is 0.259 e. The summed E-state index contributed by atoms with van der Waals surface area (Å²) in [6.07, 6.45) is 1.81. The minimum atomic E-state index is -0.329. The summed E-state index contributed by atoms with van der Waals surface area (Å²) in [5.41, 5.74) is 3.38. The smallest absolute Gasteiger partial charge is 0.259 e. The van der Waals surface area contributed by atoms with Crippen molar-refractivity contribution in [2.75, 3.05) is 5.32 Å². The first kappa shape index (κ1) is 22.2. The number of aromatic nitrogens is 2. The standard InChI is InChI=1S/C24H27FN4O2/c1-15(2)23-21(14-26-29(23)20-11-7-18(25)8-12-20)24(31)28-19-9-5-17(6-10-19)13-22(30)27-16(3)4/h5-12,14-16H,13H2,1-4H3,(H,27,30)(H,28,31). The second-order valence-corrected chi connectivity index (χ2v) is 8.04. The molecule has 1 heterocycles. The summed E-state index contributed by atoms with van der Waals surface area (Å²) in [5, 5.41) is 10.1. The van der Waals surface area contributed by atoms with E-state index in [0.29, 0.717) is 16.9 Å². The average molecular weight is 423 g/mol. The quantitative estimate of drug-likeness (QED) is 0.590. The molecule has 0 bridgehead atoms. The van der Waals surface area contributed by atoms with Crippen LogP contribution >= 0.6 is 0 Å². The maximum absolute atomic E-state index is 13.3. The highest BCUT2D eigenvalue weighted by atomic mass is 19.1. The number of nitrogens with zero attached hydrogens (tertiary/aromatic N) is 2. The monoisotopic (exact) mass is 422 g/mol. The fraction of sp³-hybridized carbons (Fsp3) is 0.292. The minimum Gasteiger partial charge on any atom is -0.354 e. The molecule has 3 aromatic rings. The molecule has 0 aliphatic rings. The number of carbonyl (C=O) groups excluding carboxylic acids is 2. The lowest BCUT2D eigenvalue weighted by Gasteiger charge is -2.13. The lowest BCUT2D eigenvalue weighted by Crippen LogP contribution is -2.31. The highest BCUT2D eigenvalue weighted by Gasteiger charge is 2.21. The van der Waals surface area contributed by atoms with Gasteiger partial charge in [0.15, 0.2) is 0 Å². The van der Waals surface area contributed by atoms with Gasteiger partial charge in [-0.05, 0) is 61.7 Å². The van der Waals surface area contributed by atoms with E-state index in [0.717, 1.165) is 11.3 Å². The molecule has 0 unspecified atom stereocenters. The number of benzene rings is 2. The predicted molar refractivity (Wildman–Crippen MR) is 119 cm³/mol. The second kappa shape index (κ2) is 9.55. The summed E-state index contributed by atoms with van der Waals surface area (Å²) in [7, 11) is 0. The third-order valence-electron chi connectivity index (χ3n) is 4.70. The van der Waals surface area contributed by atoms with E-state index < -0.39 is 0 Å². The Morgan fingerprint density at radius 3 is 2.23 bits per heavy atom. The van der Waals surface area contributed by atoms with Gasteiger partial charge >= 0.3 is 0 Å². The van der Waals surface area contributed by atoms with Crippen LogP contribution in [0.5, 0.6) is 0 Å². The van der Waals surface area contributed by atoms with E-state index in [4.69, 9.17) is 0 Å². The zero-order valence-electron chi connectivity index (χ0n) is 18.1. The molecule has 7 heteroatoms. The summed E-state index contributed by atoms with van der Waals surface area (Å²) in [6.45, 7) is 7.79. The van der Waals surface area contributed by atoms with Crippen LogP contribution in [0, 0.1) is 5.82 Å². The Hall–Kier alpha value is -3.48. The normalized spacial score (nSPS) is 11.1. The van der Waals surface area contributed by atoms with Crippen LogP contribution in [0.2, 0.25) is 0 Å². The molecule has 2 aromatic carbocycles. The number of hydrogen-bond acceptors (Lipinski definition) is 3. The first-order chi connectivity index (χ1) is 14.7. The lowest BCUT2D eigenvalue weighted by molar-refractivity contribution is -0.120. The Balaban J connectivity index is 1.76. The Morgan fingerprint density at radius 2 is 1.65 bits per heavy atom. The highest BCUT2D eigenvalue weighted by molar-refractivity contribution is 6.05. The first-order valence-electron chi connectivity index (χ1n) is 10.3. The molecular weight excluding hydrogens is 395 g/mol. The van der Waals surface area contributed by atoms with Gasteiger partial charge in [0.05, 0.1) is 29.6 Å². The zero-order valence-corrected chi connectivity index (χ0v) is 18.1. The molecule has 0 saturated heterocycles. The predicted octanol–water partition coefficient (Wildman–Crippen LogP) is 4.45. The van der Waals surface area contributed by atoms with Crippen molar-refractivity contribution < 1.29 is 14.0 Å². The largest absolute Gasteiger partial charge is 0.354 e. The van der Waals surface area contributed by atoms with Crippen molar-refractivity contribution in [2.45, 2.75) is 46.1 Å². The average Bonchev–Trinajstić information content (AvgIpc) is 3.15. The molecule has 0 atom stereocenters. The van der Waals surface area contributed by atoms with Gasteiger partial charge in [0.1, 0.15) is 5.82 Å². The van der Waals surface area contributed by atoms with Crippen molar-refractivity contribution in [3.8, 4) is 5.69 Å². The number of anilines is 1. The molecule has 31 heavy (non-hydrogen) atoms. The summed E-state index contributed by atoms with van der Waals surface area (Å²) in [6, 6.07) is 13.3. The third-order valence-corrected chi connectivity index (χ3v) is 4.70. The molecule has 6 nitrogen and oxygen atoms in total. The van der Waals surface area contributed by atoms with Gasteiger partial charge in [-0.2, -0.15) is 5.10 Å². The molecule has 0 radical (unpaired) electrons. The number of hydrogen-bond donors (Lipinski definition) is 2. The van der Waals surface area contributed by atoms with Gasteiger partial charge in [-0.25, -0.2) is 9.07 Å². The Morgan fingerprint density at radius 1 is 1.00 bits per heavy atom. The van der Waals surface area contributed by atoms with Gasteiger partial charge in [-0.1, -0.05) is 26.0 Å². The number of nitrogens with one attached hydrogen (secondary N) is 2. The van der Waals surface area contributed by atoms with Crippen molar-refractivity contribution in [2.24, 2.45) is 0 Å². The SMILES string of the molecule is CC(C)NC(=O)Cc1ccc(NC(=O)c2cnn(-c3ccc(F)cc3)c2C(C)C)cc1. The third kappa shape index (κ3) is 5.57. The van der Waals surface area contributed by atoms with Crippen LogP contribution in [-0.4, -0.2) is 27.6 Å². The fourth-order valence-electron chi connectivity index (χ4n) is 3.34. The van der Waals surface area contributed by atoms with Crippen molar-refractivity contribution in [3.05, 3.63) is 77.4 Å². The van der Waals surface area contributed by atoms with Gasteiger partial charge in [-0.3, -0.25) is 9.59 Å². The van der Waals surface area contributed by atoms with Crippen molar-refractivity contribution >= 4 is 17.5 Å². The first-order valence-corrected chi connectivity index (χ1v) is 10.3. The van der Waals surface area contributed by atoms with Crippen LogP contribution in [0.25, 0.3) is 5.69 Å². The Bertz CT molecular complexity index is 1050. The van der Waals surface area contributed by atoms with E-state index in [2.05, 4.69) is 15.7 Å². The Labute approximate surface area is 181 Å². The molecule has 0 aliphatic heterocycles. The molecule has 3 rings (SSSR count). The van der Waals surface area contributed by atoms with Crippen LogP contribution in [0.1, 0.15) is 55.2 Å². The zero-order chi connectivity index (χ0) is 22.5. The maximum atomic E-state index is 13.3. The molecule has 0 aliphatic carbocycles. The van der Waals surface area contributed by atoms with Crippen LogP contribution in [0.15, 0.2) is 54.7 Å². The van der Waals surface area contributed by atoms with Crippen LogP contribution in [-0.2, 0) is 11.2 Å². The van der Waals surface area contributed by atoms with E-state index in [1.807, 2.05) is 39.8 Å². The molecule has 0 spiro atoms. The van der Waals surface area contributed by atoms with Crippen LogP contribution in [0.3, 0.4) is 0 Å². The Kier molecular flexibility index (Phi) is 6.84. The summed E-state index contributed by atoms with van der Waals surface area (Å²) >= 11 is 0. The van der Waals surface area contributed by atoms with Gasteiger partial charge in [0.2, 0.25) is 5.91 Å². The minimum absolute atomic E-state index is 0.0233. The van der Waals surface area contributed by atoms with E-state index in [1.54, 1.807) is 28.9 Å². The second-order valence-electron chi connectivity index (χ2n) is 8.04. The van der Waals surface area contributed by atoms with Gasteiger partial charge in [0.25, 0.3) is 5.91 Å². The summed E-state index contributed by atoms with van der Waals surface area (Å²) in [4.78, 5) is 24.8. The molecule has 2 N–H and O–H groups in total. The molecule has 0 saturated carbocycles. The number of halogens is 1. The van der Waals surface area contributed by atoms with Crippen molar-refractivity contribution in [3.63, 3.8) is 0 Å². The molecule has 162 valence electrons. The van der Waals surface area contributed by atoms with E-state index in [9.17, 15) is 14.0 Å². The van der Waals surface area contributed by atoms with Gasteiger partial charge < -0.3 is 10.6 Å². The fourth-order valence-corrected chi connectivity index (χ4v) is 3.34. The molecule has 2 amide bonds. The van der Waals surface area contributed by atoms with Gasteiger partial charge in [-0.15, -0.1) is 0 Å². The van der Waals surface area contributed by atoms with Crippen molar-refractivity contribution in [1.82, 2.24) is 15.1 Å². The highest BCUT2D eigenvalue weighted by Crippen LogP contribution is 2.24. The van der Waals surface area contributed by atoms with Crippen LogP contribution in [0.4, 0.5) is 10.1 Å². The lowest BCUT2D eigenvalue weighted by atomic mass is 10.0. The topological polar surface area (TPSA) is 76.0 Å². The summed E-state index contributed by atoms with van der Waals surface area (Å²) < 4.78 is 14.9. The van der Waals surface area contributed by atoms with E-state index in [-0.39, 0.29) is 36.0 Å². The number of amides is 2. The molecular formula is C24H27FN4O2. The van der Waals surface area contributed by atoms with E-state index >= 15 is 0 Å². The molecule has 0 fully saturated rings.